The quantitative estimate of drug-likeness (QED) is 0.860. The average Bonchev–Trinajstić information content (AvgIpc) is 2.46. The third-order valence-electron chi connectivity index (χ3n) is 3.92. The van der Waals surface area contributed by atoms with Gasteiger partial charge in [-0.3, -0.25) is 4.98 Å². The smallest absolute Gasteiger partial charge is 0.0702 e. The van der Waals surface area contributed by atoms with Gasteiger partial charge in [-0.05, 0) is 49.4 Å². The van der Waals surface area contributed by atoms with Crippen LogP contribution < -0.4 is 5.32 Å². The van der Waals surface area contributed by atoms with Gasteiger partial charge in [0.15, 0.2) is 0 Å². The molecule has 100 valence electrons. The summed E-state index contributed by atoms with van der Waals surface area (Å²) in [5.74, 6) is 0. The van der Waals surface area contributed by atoms with E-state index in [0.717, 1.165) is 24.9 Å². The minimum Gasteiger partial charge on any atom is -0.310 e. The first kappa shape index (κ1) is 12.9. The molecule has 1 aromatic heterocycles. The maximum absolute atomic E-state index is 6.13. The van der Waals surface area contributed by atoms with Crippen LogP contribution >= 0.6 is 11.6 Å². The lowest BCUT2D eigenvalue weighted by molar-refractivity contribution is 0.376. The first-order valence-corrected chi connectivity index (χ1v) is 7.46. The highest BCUT2D eigenvalue weighted by atomic mass is 35.5. The van der Waals surface area contributed by atoms with Crippen molar-refractivity contribution < 1.29 is 0 Å². The average molecular weight is 275 g/mol. The highest BCUT2D eigenvalue weighted by Gasteiger charge is 2.18. The SMILES string of the molecule is ClC1CCC(NCc2ccc3ncccc3c2)CC1. The molecular weight excluding hydrogens is 256 g/mol. The van der Waals surface area contributed by atoms with Crippen molar-refractivity contribution in [2.24, 2.45) is 0 Å². The molecule has 1 aromatic carbocycles. The summed E-state index contributed by atoms with van der Waals surface area (Å²) in [5.41, 5.74) is 2.39. The Labute approximate surface area is 119 Å². The summed E-state index contributed by atoms with van der Waals surface area (Å²) in [6.07, 6.45) is 6.51. The van der Waals surface area contributed by atoms with Crippen molar-refractivity contribution in [3.05, 3.63) is 42.1 Å². The fraction of sp³-hybridized carbons (Fsp3) is 0.438. The number of benzene rings is 1. The molecule has 0 aliphatic heterocycles. The van der Waals surface area contributed by atoms with Crippen molar-refractivity contribution in [2.75, 3.05) is 0 Å². The molecule has 0 saturated heterocycles. The Morgan fingerprint density at radius 1 is 1.16 bits per heavy atom. The molecule has 0 bridgehead atoms. The highest BCUT2D eigenvalue weighted by Crippen LogP contribution is 2.23. The summed E-state index contributed by atoms with van der Waals surface area (Å²) >= 11 is 6.13. The van der Waals surface area contributed by atoms with Gasteiger partial charge in [-0.25, -0.2) is 0 Å². The van der Waals surface area contributed by atoms with E-state index in [1.807, 2.05) is 12.3 Å². The fourth-order valence-corrected chi connectivity index (χ4v) is 3.01. The van der Waals surface area contributed by atoms with Crippen molar-refractivity contribution in [3.63, 3.8) is 0 Å². The van der Waals surface area contributed by atoms with E-state index in [1.54, 1.807) is 0 Å². The molecule has 0 atom stereocenters. The molecular formula is C16H19ClN2. The predicted molar refractivity (Wildman–Crippen MR) is 80.5 cm³/mol. The second-order valence-electron chi connectivity index (χ2n) is 5.36. The van der Waals surface area contributed by atoms with Gasteiger partial charge in [-0.15, -0.1) is 11.6 Å². The van der Waals surface area contributed by atoms with Gasteiger partial charge in [0, 0.05) is 29.5 Å². The molecule has 1 aliphatic carbocycles. The Kier molecular flexibility index (Phi) is 4.00. The van der Waals surface area contributed by atoms with Gasteiger partial charge in [0.25, 0.3) is 0 Å². The Hall–Kier alpha value is -1.12. The number of alkyl halides is 1. The van der Waals surface area contributed by atoms with E-state index in [2.05, 4.69) is 34.6 Å². The molecule has 2 aromatic rings. The summed E-state index contributed by atoms with van der Waals surface area (Å²) < 4.78 is 0. The first-order chi connectivity index (χ1) is 9.31. The van der Waals surface area contributed by atoms with E-state index >= 15 is 0 Å². The van der Waals surface area contributed by atoms with Crippen LogP contribution in [0.4, 0.5) is 0 Å². The third-order valence-corrected chi connectivity index (χ3v) is 4.36. The third kappa shape index (κ3) is 3.26. The van der Waals surface area contributed by atoms with E-state index in [1.165, 1.54) is 23.8 Å². The summed E-state index contributed by atoms with van der Waals surface area (Å²) in [7, 11) is 0. The summed E-state index contributed by atoms with van der Waals surface area (Å²) in [6, 6.07) is 11.2. The van der Waals surface area contributed by atoms with Gasteiger partial charge in [0.05, 0.1) is 5.52 Å². The van der Waals surface area contributed by atoms with Crippen LogP contribution in [-0.4, -0.2) is 16.4 Å². The maximum atomic E-state index is 6.13. The number of pyridine rings is 1. The zero-order valence-corrected chi connectivity index (χ0v) is 11.7. The molecule has 0 unspecified atom stereocenters. The fourth-order valence-electron chi connectivity index (χ4n) is 2.75. The minimum absolute atomic E-state index is 0.393. The molecule has 19 heavy (non-hydrogen) atoms. The van der Waals surface area contributed by atoms with Gasteiger partial charge < -0.3 is 5.32 Å². The molecule has 1 N–H and O–H groups in total. The van der Waals surface area contributed by atoms with Crippen molar-refractivity contribution in [3.8, 4) is 0 Å². The monoisotopic (exact) mass is 274 g/mol. The topological polar surface area (TPSA) is 24.9 Å². The number of rotatable bonds is 3. The molecule has 2 nitrogen and oxygen atoms in total. The molecule has 1 fully saturated rings. The lowest BCUT2D eigenvalue weighted by atomic mass is 9.95. The molecule has 3 rings (SSSR count). The Morgan fingerprint density at radius 2 is 2.00 bits per heavy atom. The number of hydrogen-bond donors (Lipinski definition) is 1. The molecule has 0 amide bonds. The second-order valence-corrected chi connectivity index (χ2v) is 5.98. The van der Waals surface area contributed by atoms with Gasteiger partial charge in [0.1, 0.15) is 0 Å². The van der Waals surface area contributed by atoms with Crippen LogP contribution in [-0.2, 0) is 6.54 Å². The molecule has 0 radical (unpaired) electrons. The van der Waals surface area contributed by atoms with Crippen LogP contribution in [0.1, 0.15) is 31.2 Å². The van der Waals surface area contributed by atoms with E-state index in [9.17, 15) is 0 Å². The van der Waals surface area contributed by atoms with Crippen molar-refractivity contribution in [1.29, 1.82) is 0 Å². The Morgan fingerprint density at radius 3 is 2.84 bits per heavy atom. The largest absolute Gasteiger partial charge is 0.310 e. The standard InChI is InChI=1S/C16H19ClN2/c17-14-4-6-15(7-5-14)19-11-12-3-8-16-13(10-12)2-1-9-18-16/h1-3,8-10,14-15,19H,4-7,11H2. The summed E-state index contributed by atoms with van der Waals surface area (Å²) in [4.78, 5) is 4.35. The van der Waals surface area contributed by atoms with Crippen LogP contribution in [0.2, 0.25) is 0 Å². The van der Waals surface area contributed by atoms with Gasteiger partial charge >= 0.3 is 0 Å². The molecule has 1 heterocycles. The van der Waals surface area contributed by atoms with Gasteiger partial charge in [-0.1, -0.05) is 12.1 Å². The first-order valence-electron chi connectivity index (χ1n) is 7.02. The zero-order chi connectivity index (χ0) is 13.1. The van der Waals surface area contributed by atoms with Crippen molar-refractivity contribution >= 4 is 22.5 Å². The summed E-state index contributed by atoms with van der Waals surface area (Å²) in [5, 5.41) is 5.25. The van der Waals surface area contributed by atoms with Crippen LogP contribution in [0, 0.1) is 0 Å². The number of nitrogens with one attached hydrogen (secondary N) is 1. The number of fused-ring (bicyclic) bond motifs is 1. The molecule has 3 heteroatoms. The van der Waals surface area contributed by atoms with Crippen LogP contribution in [0.15, 0.2) is 36.5 Å². The number of halogens is 1. The predicted octanol–water partition coefficient (Wildman–Crippen LogP) is 3.87. The van der Waals surface area contributed by atoms with E-state index in [0.29, 0.717) is 11.4 Å². The molecule has 0 spiro atoms. The van der Waals surface area contributed by atoms with Crippen molar-refractivity contribution in [1.82, 2.24) is 10.3 Å². The van der Waals surface area contributed by atoms with Gasteiger partial charge in [0.2, 0.25) is 0 Å². The van der Waals surface area contributed by atoms with Crippen LogP contribution in [0.5, 0.6) is 0 Å². The summed E-state index contributed by atoms with van der Waals surface area (Å²) in [6.45, 7) is 0.933. The number of hydrogen-bond acceptors (Lipinski definition) is 2. The van der Waals surface area contributed by atoms with E-state index in [-0.39, 0.29) is 0 Å². The van der Waals surface area contributed by atoms with Gasteiger partial charge in [-0.2, -0.15) is 0 Å². The lowest BCUT2D eigenvalue weighted by Gasteiger charge is -2.26. The molecule has 1 aliphatic rings. The molecule has 1 saturated carbocycles. The number of aromatic nitrogens is 1. The zero-order valence-electron chi connectivity index (χ0n) is 11.0. The number of nitrogens with zero attached hydrogens (tertiary/aromatic N) is 1. The second kappa shape index (κ2) is 5.89. The van der Waals surface area contributed by atoms with E-state index in [4.69, 9.17) is 11.6 Å². The normalized spacial score (nSPS) is 23.6. The maximum Gasteiger partial charge on any atom is 0.0702 e. The minimum atomic E-state index is 0.393. The highest BCUT2D eigenvalue weighted by molar-refractivity contribution is 6.20. The van der Waals surface area contributed by atoms with Crippen LogP contribution in [0.3, 0.4) is 0 Å². The lowest BCUT2D eigenvalue weighted by Crippen LogP contribution is -2.32. The van der Waals surface area contributed by atoms with Crippen molar-refractivity contribution in [2.45, 2.75) is 43.6 Å². The Balaban J connectivity index is 1.62. The Bertz CT molecular complexity index is 547. The van der Waals surface area contributed by atoms with E-state index < -0.39 is 0 Å². The van der Waals surface area contributed by atoms with Crippen LogP contribution in [0.25, 0.3) is 10.9 Å².